The number of allylic oxidation sites excluding steroid dienone is 1. The molecule has 0 spiro atoms. The highest BCUT2D eigenvalue weighted by Gasteiger charge is 2.40. The Morgan fingerprint density at radius 3 is 2.81 bits per heavy atom. The summed E-state index contributed by atoms with van der Waals surface area (Å²) in [6.07, 6.45) is 5.32. The molecule has 2 fully saturated rings. The van der Waals surface area contributed by atoms with Crippen LogP contribution in [0.3, 0.4) is 0 Å². The standard InChI is InChI=1S/C21H23N3O2/c1-4-21(2,3)18-14(13-8-5-6-9-15(13)22-18)12-16-20(26)24-11-7-10-17(24)19(25)23-16/h4-6,8-9,12,17,22H,1,7,10-11H2,2-3H3,(H,23,25)/b16-12-/t17-/m0/s1. The number of carbonyl (C=O) groups excluding carboxylic acids is 2. The fourth-order valence-electron chi connectivity index (χ4n) is 3.87. The summed E-state index contributed by atoms with van der Waals surface area (Å²) in [6.45, 7) is 8.75. The molecule has 0 radical (unpaired) electrons. The highest BCUT2D eigenvalue weighted by molar-refractivity contribution is 6.09. The number of benzene rings is 1. The Morgan fingerprint density at radius 1 is 1.27 bits per heavy atom. The van der Waals surface area contributed by atoms with Gasteiger partial charge in [0.15, 0.2) is 0 Å². The number of amides is 2. The first-order valence-corrected chi connectivity index (χ1v) is 9.00. The van der Waals surface area contributed by atoms with Gasteiger partial charge in [0.25, 0.3) is 5.91 Å². The first-order valence-electron chi connectivity index (χ1n) is 9.00. The minimum Gasteiger partial charge on any atom is -0.357 e. The molecular formula is C21H23N3O2. The van der Waals surface area contributed by atoms with Crippen molar-refractivity contribution < 1.29 is 9.59 Å². The van der Waals surface area contributed by atoms with Crippen molar-refractivity contribution in [1.82, 2.24) is 15.2 Å². The number of H-pyrrole nitrogens is 1. The lowest BCUT2D eigenvalue weighted by atomic mass is 9.86. The molecule has 0 bridgehead atoms. The van der Waals surface area contributed by atoms with Crippen LogP contribution in [0.15, 0.2) is 42.6 Å². The van der Waals surface area contributed by atoms with Gasteiger partial charge in [-0.15, -0.1) is 6.58 Å². The van der Waals surface area contributed by atoms with Gasteiger partial charge in [-0.2, -0.15) is 0 Å². The van der Waals surface area contributed by atoms with Crippen LogP contribution in [0.1, 0.15) is 37.9 Å². The quantitative estimate of drug-likeness (QED) is 0.661. The van der Waals surface area contributed by atoms with E-state index >= 15 is 0 Å². The predicted octanol–water partition coefficient (Wildman–Crippen LogP) is 3.09. The van der Waals surface area contributed by atoms with Gasteiger partial charge in [0, 0.05) is 34.1 Å². The van der Waals surface area contributed by atoms with Gasteiger partial charge in [-0.25, -0.2) is 0 Å². The molecule has 3 heterocycles. The van der Waals surface area contributed by atoms with Gasteiger partial charge in [0.1, 0.15) is 11.7 Å². The molecule has 134 valence electrons. The van der Waals surface area contributed by atoms with Crippen LogP contribution in [0.25, 0.3) is 17.0 Å². The van der Waals surface area contributed by atoms with Crippen LogP contribution in [0.4, 0.5) is 0 Å². The van der Waals surface area contributed by atoms with Crippen LogP contribution in [0.5, 0.6) is 0 Å². The lowest BCUT2D eigenvalue weighted by Crippen LogP contribution is -2.53. The van der Waals surface area contributed by atoms with Gasteiger partial charge in [0.05, 0.1) is 0 Å². The van der Waals surface area contributed by atoms with Crippen molar-refractivity contribution >= 4 is 28.8 Å². The van der Waals surface area contributed by atoms with Crippen molar-refractivity contribution in [2.75, 3.05) is 6.54 Å². The monoisotopic (exact) mass is 349 g/mol. The zero-order chi connectivity index (χ0) is 18.5. The molecule has 2 amide bonds. The van der Waals surface area contributed by atoms with Gasteiger partial charge in [-0.05, 0) is 25.0 Å². The minimum atomic E-state index is -0.313. The van der Waals surface area contributed by atoms with E-state index in [4.69, 9.17) is 0 Å². The number of nitrogens with zero attached hydrogens (tertiary/aromatic N) is 1. The average molecular weight is 349 g/mol. The highest BCUT2D eigenvalue weighted by atomic mass is 16.2. The second kappa shape index (κ2) is 5.87. The molecule has 5 nitrogen and oxygen atoms in total. The summed E-state index contributed by atoms with van der Waals surface area (Å²) in [6, 6.07) is 7.67. The fourth-order valence-corrected chi connectivity index (χ4v) is 3.87. The molecule has 5 heteroatoms. The lowest BCUT2D eigenvalue weighted by Gasteiger charge is -2.30. The van der Waals surface area contributed by atoms with Crippen LogP contribution in [0.2, 0.25) is 0 Å². The molecule has 1 aromatic heterocycles. The van der Waals surface area contributed by atoms with Crippen LogP contribution in [0, 0.1) is 0 Å². The number of aromatic nitrogens is 1. The van der Waals surface area contributed by atoms with Crippen LogP contribution >= 0.6 is 0 Å². The molecule has 4 rings (SSSR count). The van der Waals surface area contributed by atoms with Gasteiger partial charge >= 0.3 is 0 Å². The van der Waals surface area contributed by atoms with E-state index < -0.39 is 0 Å². The molecular weight excluding hydrogens is 326 g/mol. The largest absolute Gasteiger partial charge is 0.357 e. The van der Waals surface area contributed by atoms with E-state index in [1.54, 1.807) is 4.90 Å². The Morgan fingerprint density at radius 2 is 2.04 bits per heavy atom. The Hall–Kier alpha value is -2.82. The van der Waals surface area contributed by atoms with Gasteiger partial charge in [0.2, 0.25) is 5.91 Å². The molecule has 0 saturated carbocycles. The summed E-state index contributed by atoms with van der Waals surface area (Å²) in [5.74, 6) is -0.183. The van der Waals surface area contributed by atoms with Crippen molar-refractivity contribution in [3.63, 3.8) is 0 Å². The zero-order valence-corrected chi connectivity index (χ0v) is 15.1. The minimum absolute atomic E-state index is 0.0854. The summed E-state index contributed by atoms with van der Waals surface area (Å²) in [4.78, 5) is 30.4. The number of nitrogens with one attached hydrogen (secondary N) is 2. The zero-order valence-electron chi connectivity index (χ0n) is 15.1. The first-order chi connectivity index (χ1) is 12.4. The van der Waals surface area contributed by atoms with E-state index in [-0.39, 0.29) is 23.3 Å². The summed E-state index contributed by atoms with van der Waals surface area (Å²) >= 11 is 0. The number of para-hydroxylation sites is 1. The van der Waals surface area contributed by atoms with Gasteiger partial charge in [-0.3, -0.25) is 9.59 Å². The number of carbonyl (C=O) groups is 2. The topological polar surface area (TPSA) is 65.2 Å². The van der Waals surface area contributed by atoms with E-state index in [9.17, 15) is 9.59 Å². The van der Waals surface area contributed by atoms with Gasteiger partial charge in [-0.1, -0.05) is 38.1 Å². The fraction of sp³-hybridized carbons (Fsp3) is 0.333. The molecule has 2 aliphatic rings. The van der Waals surface area contributed by atoms with Crippen molar-refractivity contribution in [2.24, 2.45) is 0 Å². The average Bonchev–Trinajstić information content (AvgIpc) is 3.25. The molecule has 1 aromatic carbocycles. The third-order valence-corrected chi connectivity index (χ3v) is 5.49. The maximum absolute atomic E-state index is 12.9. The van der Waals surface area contributed by atoms with Gasteiger partial charge < -0.3 is 15.2 Å². The molecule has 2 saturated heterocycles. The van der Waals surface area contributed by atoms with Crippen molar-refractivity contribution in [1.29, 1.82) is 0 Å². The molecule has 2 N–H and O–H groups in total. The summed E-state index contributed by atoms with van der Waals surface area (Å²) in [5, 5.41) is 3.85. The molecule has 2 aromatic rings. The molecule has 0 aliphatic carbocycles. The predicted molar refractivity (Wildman–Crippen MR) is 102 cm³/mol. The normalized spacial score (nSPS) is 22.0. The van der Waals surface area contributed by atoms with Crippen LogP contribution in [-0.2, 0) is 15.0 Å². The first kappa shape index (κ1) is 16.6. The van der Waals surface area contributed by atoms with Crippen molar-refractivity contribution in [2.45, 2.75) is 38.1 Å². The van der Waals surface area contributed by atoms with E-state index in [0.29, 0.717) is 12.2 Å². The third kappa shape index (κ3) is 2.46. The number of piperazine rings is 1. The second-order valence-corrected chi connectivity index (χ2v) is 7.59. The molecule has 2 aliphatic heterocycles. The summed E-state index contributed by atoms with van der Waals surface area (Å²) in [7, 11) is 0. The number of hydrogen-bond donors (Lipinski definition) is 2. The Bertz CT molecular complexity index is 951. The number of fused-ring (bicyclic) bond motifs is 2. The summed E-state index contributed by atoms with van der Waals surface area (Å²) in [5.41, 5.74) is 2.94. The molecule has 1 atom stereocenters. The molecule has 0 unspecified atom stereocenters. The van der Waals surface area contributed by atoms with E-state index in [2.05, 4.69) is 30.7 Å². The smallest absolute Gasteiger partial charge is 0.271 e. The van der Waals surface area contributed by atoms with E-state index in [1.807, 2.05) is 36.4 Å². The van der Waals surface area contributed by atoms with E-state index in [0.717, 1.165) is 35.0 Å². The van der Waals surface area contributed by atoms with Crippen LogP contribution in [-0.4, -0.2) is 34.3 Å². The Labute approximate surface area is 152 Å². The van der Waals surface area contributed by atoms with E-state index in [1.165, 1.54) is 0 Å². The summed E-state index contributed by atoms with van der Waals surface area (Å²) < 4.78 is 0. The maximum Gasteiger partial charge on any atom is 0.271 e. The number of hydrogen-bond acceptors (Lipinski definition) is 2. The third-order valence-electron chi connectivity index (χ3n) is 5.49. The SMILES string of the molecule is C=CC(C)(C)c1[nH]c2ccccc2c1/C=C1\NC(=O)[C@@H]2CCCN2C1=O. The highest BCUT2D eigenvalue weighted by Crippen LogP contribution is 2.34. The van der Waals surface area contributed by atoms with Crippen molar-refractivity contribution in [3.05, 3.63) is 53.9 Å². The van der Waals surface area contributed by atoms with Crippen molar-refractivity contribution in [3.8, 4) is 0 Å². The second-order valence-electron chi connectivity index (χ2n) is 7.59. The lowest BCUT2D eigenvalue weighted by molar-refractivity contribution is -0.140. The number of aromatic amines is 1. The molecule has 26 heavy (non-hydrogen) atoms. The maximum atomic E-state index is 12.9. The van der Waals surface area contributed by atoms with Crippen LogP contribution < -0.4 is 5.32 Å². The number of rotatable bonds is 3. The Balaban J connectivity index is 1.87. The Kier molecular flexibility index (Phi) is 3.75.